The molecule has 96 valence electrons. The fraction of sp³-hybridized carbons (Fsp3) is 0.562. The second-order valence-electron chi connectivity index (χ2n) is 5.58. The van der Waals surface area contributed by atoms with E-state index in [1.54, 1.807) is 0 Å². The molecule has 1 aliphatic rings. The minimum absolute atomic E-state index is 0.552. The van der Waals surface area contributed by atoms with Crippen LogP contribution in [0.4, 0.5) is 0 Å². The van der Waals surface area contributed by atoms with Crippen LogP contribution in [0.25, 0.3) is 0 Å². The number of benzene rings is 1. The van der Waals surface area contributed by atoms with Crippen LogP contribution in [0.3, 0.4) is 0 Å². The van der Waals surface area contributed by atoms with Crippen LogP contribution < -0.4 is 0 Å². The molecule has 1 heterocycles. The maximum absolute atomic E-state index is 8.90. The van der Waals surface area contributed by atoms with E-state index in [4.69, 9.17) is 5.26 Å². The van der Waals surface area contributed by atoms with E-state index in [0.29, 0.717) is 12.3 Å². The van der Waals surface area contributed by atoms with Gasteiger partial charge in [0, 0.05) is 19.5 Å². The number of nitrogens with zero attached hydrogens (tertiary/aromatic N) is 2. The van der Waals surface area contributed by atoms with Crippen LogP contribution in [0.2, 0.25) is 0 Å². The van der Waals surface area contributed by atoms with Crippen molar-refractivity contribution >= 4 is 0 Å². The first-order valence-corrected chi connectivity index (χ1v) is 6.91. The van der Waals surface area contributed by atoms with E-state index in [9.17, 15) is 0 Å². The summed E-state index contributed by atoms with van der Waals surface area (Å²) in [5, 5.41) is 8.90. The standard InChI is InChI=1S/C16H22N2/c1-14-8-10-18(13-16(11-14)7-9-17)12-15-5-3-2-4-6-15/h2-6,14,16H,7-8,10-13H2,1H3. The molecule has 0 N–H and O–H groups in total. The van der Waals surface area contributed by atoms with Gasteiger partial charge < -0.3 is 0 Å². The summed E-state index contributed by atoms with van der Waals surface area (Å²) in [7, 11) is 0. The molecule has 0 amide bonds. The Labute approximate surface area is 110 Å². The molecule has 0 bridgehead atoms. The fourth-order valence-corrected chi connectivity index (χ4v) is 2.88. The van der Waals surface area contributed by atoms with Crippen LogP contribution in [-0.2, 0) is 6.54 Å². The molecular formula is C16H22N2. The van der Waals surface area contributed by atoms with Gasteiger partial charge >= 0.3 is 0 Å². The number of hydrogen-bond donors (Lipinski definition) is 0. The molecule has 1 aliphatic heterocycles. The SMILES string of the molecule is CC1CCN(Cc2ccccc2)CC(CC#N)C1. The number of likely N-dealkylation sites (tertiary alicyclic amines) is 1. The Morgan fingerprint density at radius 3 is 2.83 bits per heavy atom. The highest BCUT2D eigenvalue weighted by Crippen LogP contribution is 2.24. The van der Waals surface area contributed by atoms with E-state index in [0.717, 1.165) is 25.6 Å². The van der Waals surface area contributed by atoms with E-state index >= 15 is 0 Å². The summed E-state index contributed by atoms with van der Waals surface area (Å²) < 4.78 is 0. The third-order valence-electron chi connectivity index (χ3n) is 3.82. The highest BCUT2D eigenvalue weighted by atomic mass is 15.1. The second kappa shape index (κ2) is 6.56. The predicted molar refractivity (Wildman–Crippen MR) is 73.8 cm³/mol. The van der Waals surface area contributed by atoms with Crippen molar-refractivity contribution in [3.05, 3.63) is 35.9 Å². The molecule has 1 fully saturated rings. The lowest BCUT2D eigenvalue weighted by Crippen LogP contribution is -2.27. The smallest absolute Gasteiger partial charge is 0.0625 e. The summed E-state index contributed by atoms with van der Waals surface area (Å²) >= 11 is 0. The lowest BCUT2D eigenvalue weighted by atomic mass is 9.93. The summed E-state index contributed by atoms with van der Waals surface area (Å²) in [5.41, 5.74) is 1.38. The van der Waals surface area contributed by atoms with Gasteiger partial charge in [-0.1, -0.05) is 37.3 Å². The first-order chi connectivity index (χ1) is 8.78. The van der Waals surface area contributed by atoms with Gasteiger partial charge in [0.1, 0.15) is 0 Å². The zero-order valence-electron chi connectivity index (χ0n) is 11.2. The van der Waals surface area contributed by atoms with Gasteiger partial charge in [-0.2, -0.15) is 5.26 Å². The lowest BCUT2D eigenvalue weighted by Gasteiger charge is -2.23. The molecule has 2 nitrogen and oxygen atoms in total. The molecule has 0 aromatic heterocycles. The van der Waals surface area contributed by atoms with Gasteiger partial charge in [0.2, 0.25) is 0 Å². The molecule has 2 rings (SSSR count). The molecule has 0 spiro atoms. The molecule has 1 aromatic rings. The van der Waals surface area contributed by atoms with E-state index in [1.165, 1.54) is 18.4 Å². The largest absolute Gasteiger partial charge is 0.299 e. The molecule has 1 saturated heterocycles. The van der Waals surface area contributed by atoms with E-state index in [2.05, 4.69) is 48.2 Å². The van der Waals surface area contributed by atoms with Gasteiger partial charge in [0.25, 0.3) is 0 Å². The van der Waals surface area contributed by atoms with Crippen molar-refractivity contribution < 1.29 is 0 Å². The second-order valence-corrected chi connectivity index (χ2v) is 5.58. The normalized spacial score (nSPS) is 25.3. The van der Waals surface area contributed by atoms with Crippen molar-refractivity contribution in [1.82, 2.24) is 4.90 Å². The highest BCUT2D eigenvalue weighted by Gasteiger charge is 2.21. The van der Waals surface area contributed by atoms with Gasteiger partial charge in [0.05, 0.1) is 6.07 Å². The van der Waals surface area contributed by atoms with Crippen LogP contribution in [0.1, 0.15) is 31.7 Å². The average molecular weight is 242 g/mol. The Morgan fingerprint density at radius 1 is 1.33 bits per heavy atom. The van der Waals surface area contributed by atoms with Crippen molar-refractivity contribution in [3.63, 3.8) is 0 Å². The van der Waals surface area contributed by atoms with Crippen LogP contribution in [0, 0.1) is 23.2 Å². The first kappa shape index (κ1) is 13.1. The number of nitriles is 1. The van der Waals surface area contributed by atoms with Crippen LogP contribution in [0.15, 0.2) is 30.3 Å². The first-order valence-electron chi connectivity index (χ1n) is 6.91. The third-order valence-corrected chi connectivity index (χ3v) is 3.82. The summed E-state index contributed by atoms with van der Waals surface area (Å²) in [5.74, 6) is 1.31. The van der Waals surface area contributed by atoms with E-state index in [-0.39, 0.29) is 0 Å². The monoisotopic (exact) mass is 242 g/mol. The molecule has 18 heavy (non-hydrogen) atoms. The summed E-state index contributed by atoms with van der Waals surface area (Å²) in [6, 6.07) is 13.0. The van der Waals surface area contributed by atoms with Crippen LogP contribution in [-0.4, -0.2) is 18.0 Å². The lowest BCUT2D eigenvalue weighted by molar-refractivity contribution is 0.242. The molecular weight excluding hydrogens is 220 g/mol. The van der Waals surface area contributed by atoms with Crippen LogP contribution >= 0.6 is 0 Å². The van der Waals surface area contributed by atoms with Crippen LogP contribution in [0.5, 0.6) is 0 Å². The Morgan fingerprint density at radius 2 is 2.11 bits per heavy atom. The Bertz CT molecular complexity index is 393. The maximum atomic E-state index is 8.90. The Kier molecular flexibility index (Phi) is 4.78. The van der Waals surface area contributed by atoms with Gasteiger partial charge in [-0.3, -0.25) is 4.90 Å². The van der Waals surface area contributed by atoms with Crippen molar-refractivity contribution in [1.29, 1.82) is 5.26 Å². The summed E-state index contributed by atoms with van der Waals surface area (Å²) in [4.78, 5) is 2.51. The van der Waals surface area contributed by atoms with E-state index < -0.39 is 0 Å². The predicted octanol–water partition coefficient (Wildman–Crippen LogP) is 3.45. The zero-order chi connectivity index (χ0) is 12.8. The fourth-order valence-electron chi connectivity index (χ4n) is 2.88. The van der Waals surface area contributed by atoms with Gasteiger partial charge in [-0.05, 0) is 36.8 Å². The number of hydrogen-bond acceptors (Lipinski definition) is 2. The van der Waals surface area contributed by atoms with E-state index in [1.807, 2.05) is 0 Å². The molecule has 0 radical (unpaired) electrons. The summed E-state index contributed by atoms with van der Waals surface area (Å²) in [6.07, 6.45) is 3.17. The summed E-state index contributed by atoms with van der Waals surface area (Å²) in [6.45, 7) is 5.58. The van der Waals surface area contributed by atoms with Gasteiger partial charge in [-0.15, -0.1) is 0 Å². The molecule has 0 saturated carbocycles. The highest BCUT2D eigenvalue weighted by molar-refractivity contribution is 5.14. The topological polar surface area (TPSA) is 27.0 Å². The van der Waals surface area contributed by atoms with Gasteiger partial charge in [0.15, 0.2) is 0 Å². The minimum Gasteiger partial charge on any atom is -0.299 e. The molecule has 1 aromatic carbocycles. The van der Waals surface area contributed by atoms with Crippen molar-refractivity contribution in [2.24, 2.45) is 11.8 Å². The molecule has 0 aliphatic carbocycles. The average Bonchev–Trinajstić information content (AvgIpc) is 2.53. The molecule has 2 atom stereocenters. The van der Waals surface area contributed by atoms with Crippen molar-refractivity contribution in [3.8, 4) is 6.07 Å². The minimum atomic E-state index is 0.552. The van der Waals surface area contributed by atoms with Crippen molar-refractivity contribution in [2.45, 2.75) is 32.7 Å². The Hall–Kier alpha value is -1.33. The number of rotatable bonds is 3. The molecule has 2 heteroatoms. The Balaban J connectivity index is 1.97. The molecule has 2 unspecified atom stereocenters. The third kappa shape index (κ3) is 3.85. The van der Waals surface area contributed by atoms with Crippen molar-refractivity contribution in [2.75, 3.05) is 13.1 Å². The maximum Gasteiger partial charge on any atom is 0.0625 e. The zero-order valence-corrected chi connectivity index (χ0v) is 11.2. The quantitative estimate of drug-likeness (QED) is 0.811. The van der Waals surface area contributed by atoms with Gasteiger partial charge in [-0.25, -0.2) is 0 Å².